The van der Waals surface area contributed by atoms with Gasteiger partial charge in [-0.05, 0) is 12.5 Å². The van der Waals surface area contributed by atoms with Gasteiger partial charge in [0.15, 0.2) is 0 Å². The molecule has 1 saturated heterocycles. The minimum absolute atomic E-state index is 0.0107. The van der Waals surface area contributed by atoms with Gasteiger partial charge in [-0.3, -0.25) is 0 Å². The normalized spacial score (nSPS) is 14.8. The molecule has 1 aliphatic rings. The lowest BCUT2D eigenvalue weighted by atomic mass is 10.0. The van der Waals surface area contributed by atoms with Gasteiger partial charge in [-0.15, -0.1) is 0 Å². The summed E-state index contributed by atoms with van der Waals surface area (Å²) in [5.41, 5.74) is -1.49. The Balaban J connectivity index is 2.58. The Morgan fingerprint density at radius 1 is 1.50 bits per heavy atom. The summed E-state index contributed by atoms with van der Waals surface area (Å²) in [5, 5.41) is 28.0. The van der Waals surface area contributed by atoms with Crippen LogP contribution in [0.15, 0.2) is 12.3 Å². The molecule has 3 N–H and O–H groups in total. The van der Waals surface area contributed by atoms with Crippen molar-refractivity contribution in [2.75, 3.05) is 31.1 Å². The monoisotopic (exact) mass is 339 g/mol. The number of pyridine rings is 1. The molecule has 0 atom stereocenters. The lowest BCUT2D eigenvalue weighted by molar-refractivity contribution is -0.137. The highest BCUT2D eigenvalue weighted by atomic mass is 19.4. The summed E-state index contributed by atoms with van der Waals surface area (Å²) in [6.45, 7) is 1.11. The molecular formula is C15H16F3N5O. The number of aliphatic hydroxyl groups excluding tert-OH is 1. The van der Waals surface area contributed by atoms with Gasteiger partial charge in [0.2, 0.25) is 0 Å². The van der Waals surface area contributed by atoms with E-state index in [0.717, 1.165) is 18.7 Å². The maximum atomic E-state index is 13.3. The van der Waals surface area contributed by atoms with Gasteiger partial charge in [0.25, 0.3) is 0 Å². The number of nitrogens with one attached hydrogen (secondary N) is 2. The second-order valence-corrected chi connectivity index (χ2v) is 5.13. The van der Waals surface area contributed by atoms with Crippen LogP contribution in [0.3, 0.4) is 0 Å². The number of halogens is 3. The second kappa shape index (κ2) is 7.31. The summed E-state index contributed by atoms with van der Waals surface area (Å²) in [7, 11) is 0. The van der Waals surface area contributed by atoms with Crippen molar-refractivity contribution < 1.29 is 18.3 Å². The number of aromatic nitrogens is 1. The third kappa shape index (κ3) is 3.65. The highest BCUT2D eigenvalue weighted by Gasteiger charge is 2.37. The van der Waals surface area contributed by atoms with Crippen LogP contribution in [0.25, 0.3) is 5.57 Å². The molecule has 1 aromatic heterocycles. The molecular weight excluding hydrogens is 323 g/mol. The van der Waals surface area contributed by atoms with Gasteiger partial charge in [-0.1, -0.05) is 0 Å². The molecule has 2 heterocycles. The van der Waals surface area contributed by atoms with Crippen LogP contribution in [-0.2, 0) is 6.18 Å². The van der Waals surface area contributed by atoms with Crippen molar-refractivity contribution in [3.8, 4) is 6.07 Å². The molecule has 0 saturated carbocycles. The Morgan fingerprint density at radius 3 is 2.67 bits per heavy atom. The summed E-state index contributed by atoms with van der Waals surface area (Å²) in [6.07, 6.45) is -1.69. The molecule has 0 bridgehead atoms. The van der Waals surface area contributed by atoms with E-state index in [1.54, 1.807) is 11.0 Å². The van der Waals surface area contributed by atoms with Gasteiger partial charge in [0.05, 0.1) is 17.9 Å². The van der Waals surface area contributed by atoms with Crippen LogP contribution in [0.4, 0.5) is 19.0 Å². The largest absolute Gasteiger partial charge is 0.417 e. The molecule has 0 radical (unpaired) electrons. The second-order valence-electron chi connectivity index (χ2n) is 5.13. The molecule has 0 spiro atoms. The van der Waals surface area contributed by atoms with E-state index in [1.165, 1.54) is 6.20 Å². The Bertz CT molecular complexity index is 690. The summed E-state index contributed by atoms with van der Waals surface area (Å²) in [5.74, 6) is -0.0107. The van der Waals surface area contributed by atoms with Crippen molar-refractivity contribution in [1.82, 2.24) is 10.3 Å². The molecule has 0 aliphatic carbocycles. The number of nitriles is 1. The van der Waals surface area contributed by atoms with Gasteiger partial charge in [-0.2, -0.15) is 18.4 Å². The topological polar surface area (TPSA) is 96.0 Å². The third-order valence-corrected chi connectivity index (χ3v) is 3.54. The van der Waals surface area contributed by atoms with Crippen LogP contribution in [0.5, 0.6) is 0 Å². The number of allylic oxidation sites excluding steroid dienone is 1. The summed E-state index contributed by atoms with van der Waals surface area (Å²) >= 11 is 0. The quantitative estimate of drug-likeness (QED) is 0.542. The zero-order valence-corrected chi connectivity index (χ0v) is 12.7. The van der Waals surface area contributed by atoms with E-state index >= 15 is 0 Å². The van der Waals surface area contributed by atoms with Crippen molar-refractivity contribution in [3.05, 3.63) is 29.1 Å². The maximum Gasteiger partial charge on any atom is 0.417 e. The van der Waals surface area contributed by atoms with Crippen LogP contribution < -0.4 is 10.2 Å². The number of aliphatic hydroxyl groups is 1. The summed E-state index contributed by atoms with van der Waals surface area (Å²) in [6, 6.07) is 2.38. The fourth-order valence-corrected chi connectivity index (χ4v) is 2.21. The first-order valence-electron chi connectivity index (χ1n) is 7.25. The van der Waals surface area contributed by atoms with Gasteiger partial charge < -0.3 is 20.7 Å². The predicted molar refractivity (Wildman–Crippen MR) is 82.6 cm³/mol. The van der Waals surface area contributed by atoms with E-state index in [9.17, 15) is 18.4 Å². The SMILES string of the molecule is N#Cc1c(C(F)(F)F)cc(/C(C=N)=C/NCCO)nc1N1CCC1. The van der Waals surface area contributed by atoms with E-state index in [4.69, 9.17) is 10.5 Å². The van der Waals surface area contributed by atoms with Gasteiger partial charge >= 0.3 is 6.18 Å². The van der Waals surface area contributed by atoms with E-state index in [1.807, 2.05) is 0 Å². The van der Waals surface area contributed by atoms with Crippen molar-refractivity contribution in [2.45, 2.75) is 12.6 Å². The molecule has 0 amide bonds. The first kappa shape index (κ1) is 17.7. The van der Waals surface area contributed by atoms with E-state index in [2.05, 4.69) is 10.3 Å². The van der Waals surface area contributed by atoms with Crippen LogP contribution in [0.1, 0.15) is 23.2 Å². The van der Waals surface area contributed by atoms with Gasteiger partial charge in [-0.25, -0.2) is 4.98 Å². The highest BCUT2D eigenvalue weighted by Crippen LogP contribution is 2.37. The fourth-order valence-electron chi connectivity index (χ4n) is 2.21. The molecule has 128 valence electrons. The fraction of sp³-hybridized carbons (Fsp3) is 0.400. The molecule has 1 aromatic rings. The zero-order chi connectivity index (χ0) is 17.7. The first-order valence-corrected chi connectivity index (χ1v) is 7.25. The van der Waals surface area contributed by atoms with Crippen molar-refractivity contribution in [3.63, 3.8) is 0 Å². The molecule has 9 heteroatoms. The molecule has 0 aromatic carbocycles. The average Bonchev–Trinajstić information content (AvgIpc) is 2.48. The van der Waals surface area contributed by atoms with Crippen molar-refractivity contribution >= 4 is 17.6 Å². The Labute approximate surface area is 136 Å². The van der Waals surface area contributed by atoms with Crippen LogP contribution >= 0.6 is 0 Å². The van der Waals surface area contributed by atoms with Gasteiger partial charge in [0.1, 0.15) is 17.5 Å². The molecule has 1 aliphatic heterocycles. The van der Waals surface area contributed by atoms with Crippen LogP contribution in [-0.4, -0.2) is 42.5 Å². The molecule has 6 nitrogen and oxygen atoms in total. The lowest BCUT2D eigenvalue weighted by Gasteiger charge is -2.33. The maximum absolute atomic E-state index is 13.3. The predicted octanol–water partition coefficient (Wildman–Crippen LogP) is 1.75. The number of anilines is 1. The molecule has 1 fully saturated rings. The van der Waals surface area contributed by atoms with Crippen LogP contribution in [0.2, 0.25) is 0 Å². The summed E-state index contributed by atoms with van der Waals surface area (Å²) < 4.78 is 40.0. The van der Waals surface area contributed by atoms with Gasteiger partial charge in [0, 0.05) is 37.6 Å². The van der Waals surface area contributed by atoms with E-state index < -0.39 is 17.3 Å². The van der Waals surface area contributed by atoms with E-state index in [-0.39, 0.29) is 30.2 Å². The average molecular weight is 339 g/mol. The Morgan fingerprint density at radius 2 is 2.21 bits per heavy atom. The first-order chi connectivity index (χ1) is 11.4. The number of hydrogen-bond acceptors (Lipinski definition) is 6. The van der Waals surface area contributed by atoms with Crippen molar-refractivity contribution in [2.24, 2.45) is 0 Å². The minimum Gasteiger partial charge on any atom is -0.395 e. The molecule has 24 heavy (non-hydrogen) atoms. The zero-order valence-electron chi connectivity index (χ0n) is 12.7. The third-order valence-electron chi connectivity index (χ3n) is 3.54. The van der Waals surface area contributed by atoms with E-state index in [0.29, 0.717) is 13.1 Å². The Kier molecular flexibility index (Phi) is 5.41. The number of rotatable bonds is 6. The minimum atomic E-state index is -4.70. The lowest BCUT2D eigenvalue weighted by Crippen LogP contribution is -2.38. The van der Waals surface area contributed by atoms with Crippen LogP contribution in [0, 0.1) is 16.7 Å². The Hall–Kier alpha value is -2.60. The molecule has 2 rings (SSSR count). The number of alkyl halides is 3. The standard InChI is InChI=1S/C15H16F3N5O/c16-15(17,18)12-6-13(10(7-19)9-21-2-5-24)22-14(11(12)8-20)23-3-1-4-23/h6-7,9,19,21,24H,1-5H2/b10-9+,19-7?. The highest BCUT2D eigenvalue weighted by molar-refractivity contribution is 6.07. The molecule has 0 unspecified atom stereocenters. The summed E-state index contributed by atoms with van der Waals surface area (Å²) in [4.78, 5) is 5.78. The number of hydrogen-bond donors (Lipinski definition) is 3. The number of nitrogens with zero attached hydrogens (tertiary/aromatic N) is 3. The smallest absolute Gasteiger partial charge is 0.395 e. The van der Waals surface area contributed by atoms with Crippen molar-refractivity contribution in [1.29, 1.82) is 10.7 Å².